The van der Waals surface area contributed by atoms with Crippen molar-refractivity contribution in [2.75, 3.05) is 5.32 Å². The number of carbonyl (C=O) groups is 1. The Kier molecular flexibility index (Phi) is 4.28. The fourth-order valence-corrected chi connectivity index (χ4v) is 4.50. The minimum atomic E-state index is -0.904. The summed E-state index contributed by atoms with van der Waals surface area (Å²) in [5, 5.41) is 13.8. The van der Waals surface area contributed by atoms with E-state index in [1.165, 1.54) is 11.1 Å². The summed E-state index contributed by atoms with van der Waals surface area (Å²) in [5.74, 6) is -0.0362. The quantitative estimate of drug-likeness (QED) is 0.655. The van der Waals surface area contributed by atoms with Crippen LogP contribution in [0.25, 0.3) is 0 Å². The Labute approximate surface area is 158 Å². The summed E-state index contributed by atoms with van der Waals surface area (Å²) in [6.07, 6.45) is 5.23. The first kappa shape index (κ1) is 17.2. The Morgan fingerprint density at radius 3 is 2.58 bits per heavy atom. The van der Waals surface area contributed by atoms with E-state index in [-0.39, 0.29) is 12.0 Å². The molecule has 0 fully saturated rings. The highest BCUT2D eigenvalue weighted by Crippen LogP contribution is 2.52. The van der Waals surface area contributed by atoms with Gasteiger partial charge in [-0.05, 0) is 47.1 Å². The maximum Gasteiger partial charge on any atom is 0.336 e. The van der Waals surface area contributed by atoms with Crippen molar-refractivity contribution in [3.05, 3.63) is 75.8 Å². The summed E-state index contributed by atoms with van der Waals surface area (Å²) in [6.45, 7) is 4.38. The first-order chi connectivity index (χ1) is 12.5. The number of allylic oxidation sites excluding steroid dienone is 2. The van der Waals surface area contributed by atoms with Crippen LogP contribution < -0.4 is 5.32 Å². The van der Waals surface area contributed by atoms with Crippen LogP contribution >= 0.6 is 11.6 Å². The topological polar surface area (TPSA) is 49.3 Å². The van der Waals surface area contributed by atoms with E-state index in [4.69, 9.17) is 11.6 Å². The van der Waals surface area contributed by atoms with Gasteiger partial charge in [-0.25, -0.2) is 4.79 Å². The van der Waals surface area contributed by atoms with Gasteiger partial charge >= 0.3 is 5.97 Å². The molecule has 0 spiro atoms. The van der Waals surface area contributed by atoms with E-state index in [2.05, 4.69) is 55.6 Å². The maximum atomic E-state index is 11.7. The molecule has 2 aromatic rings. The molecule has 134 valence electrons. The zero-order valence-electron chi connectivity index (χ0n) is 14.9. The number of hydrogen-bond acceptors (Lipinski definition) is 2. The normalized spacial score (nSPS) is 23.5. The van der Waals surface area contributed by atoms with E-state index < -0.39 is 5.97 Å². The predicted molar refractivity (Wildman–Crippen MR) is 105 cm³/mol. The molecule has 4 heteroatoms. The summed E-state index contributed by atoms with van der Waals surface area (Å²) in [7, 11) is 0. The number of anilines is 1. The Morgan fingerprint density at radius 2 is 1.92 bits per heavy atom. The molecule has 3 nitrogen and oxygen atoms in total. The summed E-state index contributed by atoms with van der Waals surface area (Å²) in [4.78, 5) is 11.7. The van der Waals surface area contributed by atoms with Crippen LogP contribution in [-0.4, -0.2) is 11.1 Å². The van der Waals surface area contributed by atoms with E-state index in [0.717, 1.165) is 17.7 Å². The number of rotatable bonds is 3. The molecule has 3 atom stereocenters. The minimum absolute atomic E-state index is 0.0748. The summed E-state index contributed by atoms with van der Waals surface area (Å²) >= 11 is 6.45. The molecule has 4 rings (SSSR count). The molecule has 0 amide bonds. The number of nitrogens with one attached hydrogen (secondary N) is 1. The van der Waals surface area contributed by atoms with Gasteiger partial charge in [0.05, 0.1) is 22.3 Å². The summed E-state index contributed by atoms with van der Waals surface area (Å²) in [6, 6.07) is 12.1. The first-order valence-corrected chi connectivity index (χ1v) is 9.44. The lowest BCUT2D eigenvalue weighted by molar-refractivity contribution is 0.0695. The number of carboxylic acid groups (broad SMARTS) is 1. The van der Waals surface area contributed by atoms with Gasteiger partial charge in [0, 0.05) is 5.92 Å². The van der Waals surface area contributed by atoms with Gasteiger partial charge in [0.25, 0.3) is 0 Å². The second-order valence-electron chi connectivity index (χ2n) is 7.49. The molecule has 1 aliphatic heterocycles. The molecule has 2 N–H and O–H groups in total. The van der Waals surface area contributed by atoms with Crippen LogP contribution in [0.3, 0.4) is 0 Å². The lowest BCUT2D eigenvalue weighted by Crippen LogP contribution is -2.30. The second kappa shape index (κ2) is 6.48. The van der Waals surface area contributed by atoms with E-state index in [9.17, 15) is 9.90 Å². The molecule has 2 unspecified atom stereocenters. The monoisotopic (exact) mass is 367 g/mol. The van der Waals surface area contributed by atoms with Gasteiger partial charge in [-0.1, -0.05) is 61.9 Å². The van der Waals surface area contributed by atoms with Crippen LogP contribution in [0.2, 0.25) is 5.02 Å². The van der Waals surface area contributed by atoms with Crippen LogP contribution in [0.1, 0.15) is 65.2 Å². The molecule has 1 aliphatic carbocycles. The zero-order valence-corrected chi connectivity index (χ0v) is 15.6. The van der Waals surface area contributed by atoms with Gasteiger partial charge in [-0.15, -0.1) is 0 Å². The van der Waals surface area contributed by atoms with Gasteiger partial charge in [0.15, 0.2) is 0 Å². The van der Waals surface area contributed by atoms with Gasteiger partial charge in [-0.2, -0.15) is 0 Å². The van der Waals surface area contributed by atoms with Crippen LogP contribution in [-0.2, 0) is 0 Å². The van der Waals surface area contributed by atoms with Crippen molar-refractivity contribution in [2.45, 2.75) is 38.1 Å². The van der Waals surface area contributed by atoms with Gasteiger partial charge in [0.2, 0.25) is 0 Å². The standard InChI is InChI=1S/C22H22ClNO2/c1-12(2)13-6-8-14(9-7-13)20-16-5-3-4-15(16)19-17(22(25)26)10-11-18(23)21(19)24-20/h3-4,6-12,15-16,20,24H,5H2,1-2H3,(H,25,26)/t15?,16?,20-/m0/s1. The SMILES string of the molecule is CC(C)c1ccc([C@@H]2Nc3c(Cl)ccc(C(=O)O)c3C3C=CCC32)cc1. The van der Waals surface area contributed by atoms with Crippen molar-refractivity contribution in [3.63, 3.8) is 0 Å². The van der Waals surface area contributed by atoms with Gasteiger partial charge < -0.3 is 10.4 Å². The zero-order chi connectivity index (χ0) is 18.4. The van der Waals surface area contributed by atoms with Crippen molar-refractivity contribution in [2.24, 2.45) is 5.92 Å². The molecule has 2 aliphatic rings. The average molecular weight is 368 g/mol. The first-order valence-electron chi connectivity index (χ1n) is 9.06. The van der Waals surface area contributed by atoms with Crippen LogP contribution in [0, 0.1) is 5.92 Å². The van der Waals surface area contributed by atoms with Crippen LogP contribution in [0.5, 0.6) is 0 Å². The third kappa shape index (κ3) is 2.71. The van der Waals surface area contributed by atoms with E-state index in [0.29, 0.717) is 22.4 Å². The fraction of sp³-hybridized carbons (Fsp3) is 0.318. The van der Waals surface area contributed by atoms with E-state index in [1.54, 1.807) is 12.1 Å². The molecular formula is C22H22ClNO2. The average Bonchev–Trinajstić information content (AvgIpc) is 3.11. The van der Waals surface area contributed by atoms with Gasteiger partial charge in [0.1, 0.15) is 0 Å². The maximum absolute atomic E-state index is 11.7. The molecule has 0 radical (unpaired) electrons. The van der Waals surface area contributed by atoms with Crippen molar-refractivity contribution < 1.29 is 9.90 Å². The van der Waals surface area contributed by atoms with Gasteiger partial charge in [-0.3, -0.25) is 0 Å². The molecule has 0 aromatic heterocycles. The molecule has 26 heavy (non-hydrogen) atoms. The highest BCUT2D eigenvalue weighted by Gasteiger charge is 2.40. The van der Waals surface area contributed by atoms with E-state index in [1.807, 2.05) is 0 Å². The Balaban J connectivity index is 1.80. The number of carboxylic acids is 1. The Morgan fingerprint density at radius 1 is 1.19 bits per heavy atom. The fourth-order valence-electron chi connectivity index (χ4n) is 4.28. The molecule has 0 saturated heterocycles. The number of fused-ring (bicyclic) bond motifs is 3. The largest absolute Gasteiger partial charge is 0.478 e. The van der Waals surface area contributed by atoms with Crippen molar-refractivity contribution in [1.82, 2.24) is 0 Å². The molecule has 1 heterocycles. The van der Waals surface area contributed by atoms with E-state index >= 15 is 0 Å². The molecule has 2 aromatic carbocycles. The predicted octanol–water partition coefficient (Wildman–Crippen LogP) is 5.99. The third-order valence-electron chi connectivity index (χ3n) is 5.66. The second-order valence-corrected chi connectivity index (χ2v) is 7.89. The van der Waals surface area contributed by atoms with Crippen molar-refractivity contribution in [1.29, 1.82) is 0 Å². The third-order valence-corrected chi connectivity index (χ3v) is 5.98. The van der Waals surface area contributed by atoms with Crippen LogP contribution in [0.15, 0.2) is 48.6 Å². The van der Waals surface area contributed by atoms with Crippen molar-refractivity contribution in [3.8, 4) is 0 Å². The van der Waals surface area contributed by atoms with Crippen LogP contribution in [0.4, 0.5) is 5.69 Å². The minimum Gasteiger partial charge on any atom is -0.478 e. The highest BCUT2D eigenvalue weighted by atomic mass is 35.5. The summed E-state index contributed by atoms with van der Waals surface area (Å²) in [5.41, 5.74) is 4.45. The number of halogens is 1. The number of hydrogen-bond donors (Lipinski definition) is 2. The lowest BCUT2D eigenvalue weighted by atomic mass is 9.75. The number of benzene rings is 2. The number of aromatic carboxylic acids is 1. The summed E-state index contributed by atoms with van der Waals surface area (Å²) < 4.78 is 0. The van der Waals surface area contributed by atoms with Crippen molar-refractivity contribution >= 4 is 23.3 Å². The molecular weight excluding hydrogens is 346 g/mol. The lowest BCUT2D eigenvalue weighted by Gasteiger charge is -2.38. The molecule has 0 saturated carbocycles. The smallest absolute Gasteiger partial charge is 0.336 e. The Bertz CT molecular complexity index is 886. The molecule has 0 bridgehead atoms. The Hall–Kier alpha value is -2.26. The highest BCUT2D eigenvalue weighted by molar-refractivity contribution is 6.33.